The molecule has 1 aromatic heterocycles. The van der Waals surface area contributed by atoms with Crippen molar-refractivity contribution in [1.82, 2.24) is 10.3 Å². The first kappa shape index (κ1) is 15.3. The smallest absolute Gasteiger partial charge is 0.138 e. The number of nitrogens with one attached hydrogen (secondary N) is 1. The van der Waals surface area contributed by atoms with Gasteiger partial charge in [0.25, 0.3) is 0 Å². The lowest BCUT2D eigenvalue weighted by atomic mass is 10.2. The van der Waals surface area contributed by atoms with Gasteiger partial charge in [0, 0.05) is 6.54 Å². The first-order valence-electron chi connectivity index (χ1n) is 7.38. The molecule has 0 amide bonds. The predicted octanol–water partition coefficient (Wildman–Crippen LogP) is 3.67. The van der Waals surface area contributed by atoms with Crippen LogP contribution in [0.3, 0.4) is 0 Å². The van der Waals surface area contributed by atoms with E-state index >= 15 is 0 Å². The highest BCUT2D eigenvalue weighted by Crippen LogP contribution is 2.09. The molecule has 3 nitrogen and oxygen atoms in total. The van der Waals surface area contributed by atoms with E-state index in [4.69, 9.17) is 4.74 Å². The van der Waals surface area contributed by atoms with Crippen LogP contribution < -0.4 is 10.1 Å². The van der Waals surface area contributed by atoms with E-state index in [9.17, 15) is 0 Å². The van der Waals surface area contributed by atoms with Crippen molar-refractivity contribution in [2.75, 3.05) is 13.2 Å². The maximum absolute atomic E-state index is 5.64. The van der Waals surface area contributed by atoms with E-state index in [1.165, 1.54) is 5.56 Å². The summed E-state index contributed by atoms with van der Waals surface area (Å²) in [5.74, 6) is 0.798. The maximum Gasteiger partial charge on any atom is 0.138 e. The molecule has 0 aliphatic rings. The molecule has 1 aromatic carbocycles. The Labute approximate surface area is 126 Å². The van der Waals surface area contributed by atoms with Crippen LogP contribution in [-0.4, -0.2) is 18.1 Å². The van der Waals surface area contributed by atoms with Crippen molar-refractivity contribution in [3.8, 4) is 5.75 Å². The molecule has 1 heterocycles. The van der Waals surface area contributed by atoms with Crippen molar-refractivity contribution in [2.45, 2.75) is 19.9 Å². The van der Waals surface area contributed by atoms with Crippen LogP contribution in [0.2, 0.25) is 0 Å². The number of nitrogens with zero attached hydrogens (tertiary/aromatic N) is 1. The third-order valence-corrected chi connectivity index (χ3v) is 2.99. The van der Waals surface area contributed by atoms with Crippen molar-refractivity contribution < 1.29 is 4.74 Å². The van der Waals surface area contributed by atoms with Gasteiger partial charge in [0.2, 0.25) is 0 Å². The molecule has 3 heteroatoms. The number of aromatic nitrogens is 1. The van der Waals surface area contributed by atoms with Crippen LogP contribution in [0.5, 0.6) is 5.75 Å². The lowest BCUT2D eigenvalue weighted by molar-refractivity contribution is 0.361. The van der Waals surface area contributed by atoms with Crippen LogP contribution in [0, 0.1) is 0 Å². The monoisotopic (exact) mass is 282 g/mol. The van der Waals surface area contributed by atoms with Crippen LogP contribution in [0.4, 0.5) is 0 Å². The molecule has 0 bridgehead atoms. The molecule has 0 saturated heterocycles. The molecule has 0 radical (unpaired) electrons. The standard InChI is InChI=1S/C18H22N2O/c1-2-12-19-14-17-10-11-18(15-20-17)21-13-6-9-16-7-4-3-5-8-16/h3-11,15,19H,2,12-14H2,1H3. The second kappa shape index (κ2) is 8.93. The first-order chi connectivity index (χ1) is 10.4. The highest BCUT2D eigenvalue weighted by atomic mass is 16.5. The summed E-state index contributed by atoms with van der Waals surface area (Å²) in [4.78, 5) is 4.38. The number of pyridine rings is 1. The SMILES string of the molecule is CCCNCc1ccc(OCC=Cc2ccccc2)cn1. The average Bonchev–Trinajstić information content (AvgIpc) is 2.54. The summed E-state index contributed by atoms with van der Waals surface area (Å²) in [6.07, 6.45) is 6.97. The third-order valence-electron chi connectivity index (χ3n) is 2.99. The summed E-state index contributed by atoms with van der Waals surface area (Å²) in [7, 11) is 0. The average molecular weight is 282 g/mol. The Hall–Kier alpha value is -2.13. The molecule has 1 N–H and O–H groups in total. The molecule has 2 rings (SSSR count). The summed E-state index contributed by atoms with van der Waals surface area (Å²) in [6, 6.07) is 14.2. The lowest BCUT2D eigenvalue weighted by Crippen LogP contribution is -2.14. The Kier molecular flexibility index (Phi) is 6.49. The topological polar surface area (TPSA) is 34.1 Å². The summed E-state index contributed by atoms with van der Waals surface area (Å²) in [5.41, 5.74) is 2.21. The second-order valence-electron chi connectivity index (χ2n) is 4.79. The zero-order chi connectivity index (χ0) is 14.8. The second-order valence-corrected chi connectivity index (χ2v) is 4.79. The van der Waals surface area contributed by atoms with Crippen LogP contribution in [-0.2, 0) is 6.54 Å². The molecule has 0 aliphatic heterocycles. The maximum atomic E-state index is 5.64. The Morgan fingerprint density at radius 3 is 2.71 bits per heavy atom. The molecule has 0 saturated carbocycles. The highest BCUT2D eigenvalue weighted by Gasteiger charge is 1.96. The Morgan fingerprint density at radius 2 is 2.00 bits per heavy atom. The van der Waals surface area contributed by atoms with Crippen molar-refractivity contribution in [3.63, 3.8) is 0 Å². The van der Waals surface area contributed by atoms with Gasteiger partial charge < -0.3 is 10.1 Å². The Morgan fingerprint density at radius 1 is 1.14 bits per heavy atom. The van der Waals surface area contributed by atoms with Gasteiger partial charge in [-0.15, -0.1) is 0 Å². The van der Waals surface area contributed by atoms with Gasteiger partial charge in [-0.2, -0.15) is 0 Å². The Balaban J connectivity index is 1.74. The van der Waals surface area contributed by atoms with Gasteiger partial charge in [0.05, 0.1) is 11.9 Å². The van der Waals surface area contributed by atoms with Crippen molar-refractivity contribution >= 4 is 6.08 Å². The normalized spacial score (nSPS) is 10.9. The van der Waals surface area contributed by atoms with Crippen LogP contribution in [0.25, 0.3) is 6.08 Å². The largest absolute Gasteiger partial charge is 0.488 e. The van der Waals surface area contributed by atoms with Crippen LogP contribution in [0.1, 0.15) is 24.6 Å². The van der Waals surface area contributed by atoms with E-state index in [-0.39, 0.29) is 0 Å². The van der Waals surface area contributed by atoms with Gasteiger partial charge in [-0.25, -0.2) is 0 Å². The minimum absolute atomic E-state index is 0.546. The molecule has 21 heavy (non-hydrogen) atoms. The molecular formula is C18H22N2O. The van der Waals surface area contributed by atoms with E-state index < -0.39 is 0 Å². The fourth-order valence-corrected chi connectivity index (χ4v) is 1.89. The zero-order valence-electron chi connectivity index (χ0n) is 12.5. The van der Waals surface area contributed by atoms with E-state index in [0.717, 1.165) is 31.0 Å². The molecule has 110 valence electrons. The third kappa shape index (κ3) is 5.79. The van der Waals surface area contributed by atoms with Crippen LogP contribution >= 0.6 is 0 Å². The molecule has 0 aliphatic carbocycles. The van der Waals surface area contributed by atoms with Gasteiger partial charge in [0.15, 0.2) is 0 Å². The van der Waals surface area contributed by atoms with Gasteiger partial charge in [-0.3, -0.25) is 4.98 Å². The van der Waals surface area contributed by atoms with Crippen molar-refractivity contribution in [2.24, 2.45) is 0 Å². The molecule has 0 atom stereocenters. The lowest BCUT2D eigenvalue weighted by Gasteiger charge is -2.05. The Bertz CT molecular complexity index is 535. The number of benzene rings is 1. The molecular weight excluding hydrogens is 260 g/mol. The van der Waals surface area contributed by atoms with E-state index in [0.29, 0.717) is 6.61 Å². The van der Waals surface area contributed by atoms with Crippen molar-refractivity contribution in [1.29, 1.82) is 0 Å². The van der Waals surface area contributed by atoms with Crippen molar-refractivity contribution in [3.05, 3.63) is 66.0 Å². The minimum atomic E-state index is 0.546. The summed E-state index contributed by atoms with van der Waals surface area (Å²) in [5, 5.41) is 3.33. The summed E-state index contributed by atoms with van der Waals surface area (Å²) in [6.45, 7) is 4.52. The molecule has 2 aromatic rings. The van der Waals surface area contributed by atoms with Gasteiger partial charge in [-0.05, 0) is 36.7 Å². The highest BCUT2D eigenvalue weighted by molar-refractivity contribution is 5.48. The number of hydrogen-bond acceptors (Lipinski definition) is 3. The quantitative estimate of drug-likeness (QED) is 0.750. The molecule has 0 fully saturated rings. The molecule has 0 spiro atoms. The number of rotatable bonds is 8. The number of hydrogen-bond donors (Lipinski definition) is 1. The van der Waals surface area contributed by atoms with Gasteiger partial charge >= 0.3 is 0 Å². The van der Waals surface area contributed by atoms with Gasteiger partial charge in [-0.1, -0.05) is 43.3 Å². The fourth-order valence-electron chi connectivity index (χ4n) is 1.89. The first-order valence-corrected chi connectivity index (χ1v) is 7.38. The van der Waals surface area contributed by atoms with E-state index in [2.05, 4.69) is 35.4 Å². The predicted molar refractivity (Wildman–Crippen MR) is 87.2 cm³/mol. The minimum Gasteiger partial charge on any atom is -0.488 e. The zero-order valence-corrected chi connectivity index (χ0v) is 12.5. The number of ether oxygens (including phenoxy) is 1. The van der Waals surface area contributed by atoms with Crippen LogP contribution in [0.15, 0.2) is 54.7 Å². The van der Waals surface area contributed by atoms with Gasteiger partial charge in [0.1, 0.15) is 12.4 Å². The molecule has 0 unspecified atom stereocenters. The fraction of sp³-hybridized carbons (Fsp3) is 0.278. The summed E-state index contributed by atoms with van der Waals surface area (Å²) >= 11 is 0. The van der Waals surface area contributed by atoms with E-state index in [1.54, 1.807) is 6.20 Å². The summed E-state index contributed by atoms with van der Waals surface area (Å²) < 4.78 is 5.64. The van der Waals surface area contributed by atoms with E-state index in [1.807, 2.05) is 36.4 Å².